The maximum absolute atomic E-state index is 12.2. The molecule has 0 amide bonds. The Morgan fingerprint density at radius 3 is 2.45 bits per heavy atom. The lowest BCUT2D eigenvalue weighted by atomic mass is 10.1. The van der Waals surface area contributed by atoms with Crippen molar-refractivity contribution < 1.29 is 19.1 Å². The summed E-state index contributed by atoms with van der Waals surface area (Å²) in [5.74, 6) is 0.372. The zero-order valence-corrected chi connectivity index (χ0v) is 17.2. The monoisotopic (exact) mass is 411 g/mol. The minimum absolute atomic E-state index is 0.0880. The van der Waals surface area contributed by atoms with Gasteiger partial charge < -0.3 is 14.0 Å². The van der Waals surface area contributed by atoms with Gasteiger partial charge in [-0.3, -0.25) is 4.79 Å². The van der Waals surface area contributed by atoms with Crippen molar-refractivity contribution in [2.45, 2.75) is 25.5 Å². The second-order valence-electron chi connectivity index (χ2n) is 6.14. The van der Waals surface area contributed by atoms with Gasteiger partial charge in [0, 0.05) is 12.1 Å². The Bertz CT molecular complexity index is 1020. The minimum Gasteiger partial charge on any atom is -0.465 e. The van der Waals surface area contributed by atoms with Crippen molar-refractivity contribution in [1.29, 1.82) is 0 Å². The summed E-state index contributed by atoms with van der Waals surface area (Å²) < 4.78 is 11.9. The smallest absolute Gasteiger partial charge is 0.337 e. The molecule has 0 aliphatic heterocycles. The summed E-state index contributed by atoms with van der Waals surface area (Å²) in [6.07, 6.45) is 0. The van der Waals surface area contributed by atoms with Crippen molar-refractivity contribution in [3.05, 3.63) is 59.7 Å². The van der Waals surface area contributed by atoms with Gasteiger partial charge in [0.1, 0.15) is 5.75 Å². The average Bonchev–Trinajstić information content (AvgIpc) is 3.15. The van der Waals surface area contributed by atoms with Gasteiger partial charge in [0.15, 0.2) is 11.0 Å². The standard InChI is InChI=1S/C21H21N3O4S/c1-4-24-19(17-8-6-5-7-14(17)2)22-23-21(24)29-13-18(25)28-16-11-9-15(10-12-16)20(26)27-3/h5-12H,4,13H2,1-3H3. The van der Waals surface area contributed by atoms with Crippen LogP contribution in [0.5, 0.6) is 5.75 Å². The molecule has 29 heavy (non-hydrogen) atoms. The third-order valence-electron chi connectivity index (χ3n) is 4.25. The molecular formula is C21H21N3O4S. The van der Waals surface area contributed by atoms with Gasteiger partial charge in [-0.15, -0.1) is 10.2 Å². The fraction of sp³-hybridized carbons (Fsp3) is 0.238. The summed E-state index contributed by atoms with van der Waals surface area (Å²) in [6, 6.07) is 14.2. The first-order valence-corrected chi connectivity index (χ1v) is 10.0. The number of carbonyl (C=O) groups is 2. The number of methoxy groups -OCH3 is 1. The van der Waals surface area contributed by atoms with Crippen LogP contribution in [0.15, 0.2) is 53.7 Å². The Morgan fingerprint density at radius 2 is 1.79 bits per heavy atom. The van der Waals surface area contributed by atoms with E-state index in [0.29, 0.717) is 23.0 Å². The number of hydrogen-bond acceptors (Lipinski definition) is 7. The van der Waals surface area contributed by atoms with Gasteiger partial charge in [-0.1, -0.05) is 36.0 Å². The number of carbonyl (C=O) groups excluding carboxylic acids is 2. The van der Waals surface area contributed by atoms with Crippen LogP contribution >= 0.6 is 11.8 Å². The first-order valence-electron chi connectivity index (χ1n) is 9.04. The second-order valence-corrected chi connectivity index (χ2v) is 7.09. The van der Waals surface area contributed by atoms with E-state index in [-0.39, 0.29) is 5.75 Å². The van der Waals surface area contributed by atoms with E-state index in [9.17, 15) is 9.59 Å². The summed E-state index contributed by atoms with van der Waals surface area (Å²) in [6.45, 7) is 4.72. The Labute approximate surface area is 173 Å². The Hall–Kier alpha value is -3.13. The molecule has 0 aliphatic carbocycles. The molecule has 0 saturated heterocycles. The number of aryl methyl sites for hydroxylation is 1. The van der Waals surface area contributed by atoms with E-state index in [1.165, 1.54) is 18.9 Å². The fourth-order valence-electron chi connectivity index (χ4n) is 2.76. The largest absolute Gasteiger partial charge is 0.465 e. The number of esters is 2. The molecule has 3 rings (SSSR count). The van der Waals surface area contributed by atoms with Gasteiger partial charge in [0.25, 0.3) is 0 Å². The van der Waals surface area contributed by atoms with E-state index >= 15 is 0 Å². The molecule has 7 nitrogen and oxygen atoms in total. The van der Waals surface area contributed by atoms with Crippen LogP contribution in [0.4, 0.5) is 0 Å². The molecule has 2 aromatic carbocycles. The molecule has 0 N–H and O–H groups in total. The third kappa shape index (κ3) is 4.83. The normalized spacial score (nSPS) is 10.6. The van der Waals surface area contributed by atoms with E-state index < -0.39 is 11.9 Å². The topological polar surface area (TPSA) is 83.3 Å². The maximum atomic E-state index is 12.2. The predicted octanol–water partition coefficient (Wildman–Crippen LogP) is 3.76. The molecule has 0 fully saturated rings. The van der Waals surface area contributed by atoms with E-state index in [1.54, 1.807) is 24.3 Å². The van der Waals surface area contributed by atoms with Crippen LogP contribution in [0.3, 0.4) is 0 Å². The van der Waals surface area contributed by atoms with Crippen molar-refractivity contribution in [1.82, 2.24) is 14.8 Å². The molecule has 0 bridgehead atoms. The van der Waals surface area contributed by atoms with E-state index in [2.05, 4.69) is 14.9 Å². The Balaban J connectivity index is 1.65. The second kappa shape index (κ2) is 9.38. The maximum Gasteiger partial charge on any atom is 0.337 e. The molecule has 3 aromatic rings. The number of nitrogens with zero attached hydrogens (tertiary/aromatic N) is 3. The fourth-order valence-corrected chi connectivity index (χ4v) is 3.54. The molecule has 0 aliphatic rings. The van der Waals surface area contributed by atoms with Crippen LogP contribution in [-0.4, -0.2) is 39.6 Å². The average molecular weight is 411 g/mol. The van der Waals surface area contributed by atoms with Gasteiger partial charge in [0.2, 0.25) is 0 Å². The Morgan fingerprint density at radius 1 is 1.07 bits per heavy atom. The van der Waals surface area contributed by atoms with Crippen LogP contribution in [-0.2, 0) is 16.1 Å². The van der Waals surface area contributed by atoms with Gasteiger partial charge in [0.05, 0.1) is 18.4 Å². The zero-order chi connectivity index (χ0) is 20.8. The first kappa shape index (κ1) is 20.6. The van der Waals surface area contributed by atoms with Crippen LogP contribution in [0.25, 0.3) is 11.4 Å². The van der Waals surface area contributed by atoms with E-state index in [4.69, 9.17) is 4.74 Å². The van der Waals surface area contributed by atoms with Crippen LogP contribution in [0.1, 0.15) is 22.8 Å². The van der Waals surface area contributed by atoms with Gasteiger partial charge in [-0.05, 0) is 43.7 Å². The number of rotatable bonds is 7. The predicted molar refractivity (Wildman–Crippen MR) is 110 cm³/mol. The summed E-state index contributed by atoms with van der Waals surface area (Å²) >= 11 is 1.27. The van der Waals surface area contributed by atoms with Crippen molar-refractivity contribution in [3.63, 3.8) is 0 Å². The van der Waals surface area contributed by atoms with E-state index in [1.807, 2.05) is 42.7 Å². The summed E-state index contributed by atoms with van der Waals surface area (Å²) in [5, 5.41) is 9.21. The highest BCUT2D eigenvalue weighted by atomic mass is 32.2. The molecule has 0 radical (unpaired) electrons. The summed E-state index contributed by atoms with van der Waals surface area (Å²) in [4.78, 5) is 23.6. The minimum atomic E-state index is -0.443. The molecule has 150 valence electrons. The molecule has 0 atom stereocenters. The third-order valence-corrected chi connectivity index (χ3v) is 5.19. The molecule has 8 heteroatoms. The lowest BCUT2D eigenvalue weighted by molar-refractivity contribution is -0.131. The van der Waals surface area contributed by atoms with Gasteiger partial charge in [-0.25, -0.2) is 4.79 Å². The molecule has 0 unspecified atom stereocenters. The molecule has 0 spiro atoms. The molecule has 0 saturated carbocycles. The molecular weight excluding hydrogens is 390 g/mol. The number of thioether (sulfide) groups is 1. The SMILES string of the molecule is CCn1c(SCC(=O)Oc2ccc(C(=O)OC)cc2)nnc1-c1ccccc1C. The van der Waals surface area contributed by atoms with Crippen molar-refractivity contribution >= 4 is 23.7 Å². The highest BCUT2D eigenvalue weighted by Crippen LogP contribution is 2.26. The van der Waals surface area contributed by atoms with Crippen LogP contribution in [0.2, 0.25) is 0 Å². The quantitative estimate of drug-likeness (QED) is 0.332. The van der Waals surface area contributed by atoms with Crippen LogP contribution in [0, 0.1) is 6.92 Å². The van der Waals surface area contributed by atoms with Crippen molar-refractivity contribution in [3.8, 4) is 17.1 Å². The number of benzene rings is 2. The molecule has 1 heterocycles. The van der Waals surface area contributed by atoms with Crippen molar-refractivity contribution in [2.75, 3.05) is 12.9 Å². The van der Waals surface area contributed by atoms with Gasteiger partial charge >= 0.3 is 11.9 Å². The molecule has 1 aromatic heterocycles. The van der Waals surface area contributed by atoms with E-state index in [0.717, 1.165) is 17.0 Å². The Kier molecular flexibility index (Phi) is 6.66. The summed E-state index contributed by atoms with van der Waals surface area (Å²) in [7, 11) is 1.31. The summed E-state index contributed by atoms with van der Waals surface area (Å²) in [5.41, 5.74) is 2.52. The highest BCUT2D eigenvalue weighted by Gasteiger charge is 2.16. The zero-order valence-electron chi connectivity index (χ0n) is 16.4. The number of ether oxygens (including phenoxy) is 2. The number of hydrogen-bond donors (Lipinski definition) is 0. The lowest BCUT2D eigenvalue weighted by Crippen LogP contribution is -2.12. The number of aromatic nitrogens is 3. The first-order chi connectivity index (χ1) is 14.0. The highest BCUT2D eigenvalue weighted by molar-refractivity contribution is 7.99. The lowest BCUT2D eigenvalue weighted by Gasteiger charge is -2.09. The van der Waals surface area contributed by atoms with Crippen molar-refractivity contribution in [2.24, 2.45) is 0 Å². The van der Waals surface area contributed by atoms with Crippen LogP contribution < -0.4 is 4.74 Å². The van der Waals surface area contributed by atoms with Gasteiger partial charge in [-0.2, -0.15) is 0 Å².